The zero-order valence-electron chi connectivity index (χ0n) is 22.2. The number of carbonyl (C=O) groups is 1. The van der Waals surface area contributed by atoms with Gasteiger partial charge >= 0.3 is 6.18 Å². The van der Waals surface area contributed by atoms with E-state index in [1.807, 2.05) is 24.3 Å². The van der Waals surface area contributed by atoms with Crippen LogP contribution < -0.4 is 10.6 Å². The van der Waals surface area contributed by atoms with Crippen LogP contribution >= 0.6 is 0 Å². The summed E-state index contributed by atoms with van der Waals surface area (Å²) in [6.45, 7) is 2.32. The fourth-order valence-electron chi connectivity index (χ4n) is 5.52. The van der Waals surface area contributed by atoms with Gasteiger partial charge in [-0.2, -0.15) is 22.8 Å². The molecule has 1 atom stereocenters. The minimum Gasteiger partial charge on any atom is -0.324 e. The van der Waals surface area contributed by atoms with Gasteiger partial charge in [0.2, 0.25) is 5.95 Å². The Labute approximate surface area is 234 Å². The second kappa shape index (κ2) is 11.3. The normalized spacial score (nSPS) is 17.6. The van der Waals surface area contributed by atoms with Crippen LogP contribution in [0.5, 0.6) is 0 Å². The highest BCUT2D eigenvalue weighted by Gasteiger charge is 2.37. The lowest BCUT2D eigenvalue weighted by molar-refractivity contribution is -0.144. The van der Waals surface area contributed by atoms with Crippen LogP contribution in [0.2, 0.25) is 0 Å². The lowest BCUT2D eigenvalue weighted by atomic mass is 10.0. The summed E-state index contributed by atoms with van der Waals surface area (Å²) < 4.78 is 41.7. The Morgan fingerprint density at radius 1 is 0.878 bits per heavy atom. The van der Waals surface area contributed by atoms with Crippen molar-refractivity contribution in [1.29, 1.82) is 0 Å². The van der Waals surface area contributed by atoms with Crippen molar-refractivity contribution in [3.63, 3.8) is 0 Å². The number of halogens is 3. The van der Waals surface area contributed by atoms with Crippen molar-refractivity contribution >= 4 is 23.2 Å². The van der Waals surface area contributed by atoms with E-state index >= 15 is 0 Å². The molecule has 1 saturated heterocycles. The number of nitrogens with zero attached hydrogens (tertiary/aromatic N) is 6. The minimum atomic E-state index is -4.76. The van der Waals surface area contributed by atoms with E-state index in [-0.39, 0.29) is 17.5 Å². The number of nitrogens with one attached hydrogen (secondary N) is 2. The van der Waals surface area contributed by atoms with Crippen LogP contribution in [-0.4, -0.2) is 54.9 Å². The van der Waals surface area contributed by atoms with Crippen LogP contribution in [0.1, 0.15) is 53.1 Å². The van der Waals surface area contributed by atoms with Crippen molar-refractivity contribution in [2.24, 2.45) is 0 Å². The largest absolute Gasteiger partial charge is 0.453 e. The molecule has 1 aliphatic carbocycles. The molecule has 212 valence electrons. The van der Waals surface area contributed by atoms with Crippen molar-refractivity contribution in [2.75, 3.05) is 23.7 Å². The third-order valence-corrected chi connectivity index (χ3v) is 7.61. The van der Waals surface area contributed by atoms with E-state index in [1.54, 1.807) is 24.3 Å². The molecule has 12 heteroatoms. The molecule has 3 heterocycles. The van der Waals surface area contributed by atoms with E-state index in [0.29, 0.717) is 17.4 Å². The smallest absolute Gasteiger partial charge is 0.324 e. The van der Waals surface area contributed by atoms with Gasteiger partial charge in [-0.15, -0.1) is 15.3 Å². The van der Waals surface area contributed by atoms with Crippen molar-refractivity contribution in [3.05, 3.63) is 83.3 Å². The SMILES string of the molecule is O=C(Nc1ccccc1)c1ccc(-n2nc(C(F)(F)F)nc2Nc2ccc3c(c2)CCC(N2CCCC2)CC3)nn1. The average Bonchev–Trinajstić information content (AvgIpc) is 3.61. The highest BCUT2D eigenvalue weighted by Crippen LogP contribution is 2.31. The lowest BCUT2D eigenvalue weighted by Crippen LogP contribution is -2.32. The van der Waals surface area contributed by atoms with Crippen LogP contribution in [0, 0.1) is 0 Å². The number of alkyl halides is 3. The predicted molar refractivity (Wildman–Crippen MR) is 147 cm³/mol. The minimum absolute atomic E-state index is 0.00117. The Morgan fingerprint density at radius 3 is 2.34 bits per heavy atom. The van der Waals surface area contributed by atoms with Gasteiger partial charge < -0.3 is 15.5 Å². The predicted octanol–water partition coefficient (Wildman–Crippen LogP) is 5.42. The zero-order chi connectivity index (χ0) is 28.4. The Kier molecular flexibility index (Phi) is 7.39. The molecule has 1 fully saturated rings. The fourth-order valence-corrected chi connectivity index (χ4v) is 5.52. The van der Waals surface area contributed by atoms with E-state index in [2.05, 4.69) is 35.8 Å². The average molecular weight is 563 g/mol. The Morgan fingerprint density at radius 2 is 1.63 bits per heavy atom. The standard InChI is InChI=1S/C29H29F3N8O/c30-29(31,32)27-35-28(34-22-11-8-19-9-12-23(13-10-20(19)18-22)39-16-4-5-17-39)40(38-27)25-15-14-24(36-37-25)26(41)33-21-6-2-1-3-7-21/h1-3,6-8,11,14-15,18,23H,4-5,9-10,12-13,16-17H2,(H,33,41)(H,34,35,38). The Bertz CT molecular complexity index is 1520. The molecular weight excluding hydrogens is 533 g/mol. The van der Waals surface area contributed by atoms with E-state index in [4.69, 9.17) is 0 Å². The highest BCUT2D eigenvalue weighted by atomic mass is 19.4. The Balaban J connectivity index is 1.22. The van der Waals surface area contributed by atoms with Crippen molar-refractivity contribution in [1.82, 2.24) is 29.9 Å². The number of hydrogen-bond donors (Lipinski definition) is 2. The maximum Gasteiger partial charge on any atom is 0.453 e. The van der Waals surface area contributed by atoms with Gasteiger partial charge in [-0.05, 0) is 99.1 Å². The number of anilines is 3. The Hall–Kier alpha value is -4.32. The monoisotopic (exact) mass is 562 g/mol. The number of carbonyl (C=O) groups excluding carboxylic acids is 1. The van der Waals surface area contributed by atoms with Gasteiger partial charge in [-0.3, -0.25) is 4.79 Å². The van der Waals surface area contributed by atoms with Gasteiger partial charge in [-0.1, -0.05) is 24.3 Å². The molecule has 2 N–H and O–H groups in total. The molecule has 1 amide bonds. The first-order valence-electron chi connectivity index (χ1n) is 13.7. The maximum atomic E-state index is 13.6. The second-order valence-corrected chi connectivity index (χ2v) is 10.3. The van der Waals surface area contributed by atoms with Gasteiger partial charge in [0.15, 0.2) is 11.5 Å². The topological polar surface area (TPSA) is 101 Å². The molecule has 0 bridgehead atoms. The van der Waals surface area contributed by atoms with Crippen molar-refractivity contribution in [3.8, 4) is 5.82 Å². The number of likely N-dealkylation sites (tertiary alicyclic amines) is 1. The van der Waals surface area contributed by atoms with Crippen LogP contribution in [-0.2, 0) is 19.0 Å². The number of benzene rings is 2. The summed E-state index contributed by atoms with van der Waals surface area (Å²) in [6.07, 6.45) is 1.81. The lowest BCUT2D eigenvalue weighted by Gasteiger charge is -2.25. The second-order valence-electron chi connectivity index (χ2n) is 10.3. The number of aromatic nitrogens is 5. The fraction of sp³-hybridized carbons (Fsp3) is 0.345. The summed E-state index contributed by atoms with van der Waals surface area (Å²) in [5, 5.41) is 17.2. The molecule has 0 radical (unpaired) electrons. The molecule has 9 nitrogen and oxygen atoms in total. The van der Waals surface area contributed by atoms with Gasteiger partial charge in [0.25, 0.3) is 11.7 Å². The summed E-state index contributed by atoms with van der Waals surface area (Å²) in [4.78, 5) is 18.8. The zero-order valence-corrected chi connectivity index (χ0v) is 22.2. The van der Waals surface area contributed by atoms with Gasteiger partial charge in [0.05, 0.1) is 0 Å². The van der Waals surface area contributed by atoms with Gasteiger partial charge in [-0.25, -0.2) is 0 Å². The van der Waals surface area contributed by atoms with E-state index in [1.165, 1.54) is 36.1 Å². The molecule has 4 aromatic rings. The van der Waals surface area contributed by atoms with Gasteiger partial charge in [0.1, 0.15) is 0 Å². The first-order valence-corrected chi connectivity index (χ1v) is 13.7. The van der Waals surface area contributed by atoms with Crippen molar-refractivity contribution in [2.45, 2.75) is 50.7 Å². The first kappa shape index (κ1) is 26.9. The quantitative estimate of drug-likeness (QED) is 0.303. The number of fused-ring (bicyclic) bond motifs is 1. The number of aryl methyl sites for hydroxylation is 2. The molecule has 0 saturated carbocycles. The number of rotatable bonds is 6. The molecule has 1 unspecified atom stereocenters. The van der Waals surface area contributed by atoms with Crippen LogP contribution in [0.3, 0.4) is 0 Å². The first-order chi connectivity index (χ1) is 19.8. The van der Waals surface area contributed by atoms with Crippen molar-refractivity contribution < 1.29 is 18.0 Å². The summed E-state index contributed by atoms with van der Waals surface area (Å²) >= 11 is 0. The summed E-state index contributed by atoms with van der Waals surface area (Å²) in [5.74, 6) is -1.98. The molecule has 1 aliphatic heterocycles. The maximum absolute atomic E-state index is 13.6. The number of amides is 1. The molecule has 41 heavy (non-hydrogen) atoms. The molecule has 2 aliphatic rings. The van der Waals surface area contributed by atoms with E-state index in [0.717, 1.165) is 43.5 Å². The molecular formula is C29H29F3N8O. The molecule has 6 rings (SSSR count). The summed E-state index contributed by atoms with van der Waals surface area (Å²) in [5.41, 5.74) is 3.64. The third-order valence-electron chi connectivity index (χ3n) is 7.61. The molecule has 2 aromatic carbocycles. The van der Waals surface area contributed by atoms with Crippen LogP contribution in [0.15, 0.2) is 60.7 Å². The van der Waals surface area contributed by atoms with Crippen LogP contribution in [0.4, 0.5) is 30.5 Å². The van der Waals surface area contributed by atoms with E-state index in [9.17, 15) is 18.0 Å². The van der Waals surface area contributed by atoms with Gasteiger partial charge in [0, 0.05) is 17.4 Å². The van der Waals surface area contributed by atoms with E-state index < -0.39 is 17.9 Å². The van der Waals surface area contributed by atoms with Crippen LogP contribution in [0.25, 0.3) is 5.82 Å². The highest BCUT2D eigenvalue weighted by molar-refractivity contribution is 6.02. The number of hydrogen-bond acceptors (Lipinski definition) is 7. The number of para-hydroxylation sites is 1. The third kappa shape index (κ3) is 6.07. The summed E-state index contributed by atoms with van der Waals surface area (Å²) in [7, 11) is 0. The molecule has 2 aromatic heterocycles. The summed E-state index contributed by atoms with van der Waals surface area (Å²) in [6, 6.07) is 18.0. The molecule has 0 spiro atoms.